The highest BCUT2D eigenvalue weighted by atomic mass is 32.1. The second kappa shape index (κ2) is 8.03. The first-order valence-electron chi connectivity index (χ1n) is 8.58. The van der Waals surface area contributed by atoms with Crippen LogP contribution in [-0.2, 0) is 9.59 Å². The van der Waals surface area contributed by atoms with Gasteiger partial charge in [0.15, 0.2) is 23.1 Å². The maximum absolute atomic E-state index is 15.0. The van der Waals surface area contributed by atoms with Crippen molar-refractivity contribution >= 4 is 43.4 Å². The van der Waals surface area contributed by atoms with Gasteiger partial charge >= 0.3 is 18.3 Å². The topological polar surface area (TPSA) is 61.8 Å². The molecule has 31 heavy (non-hydrogen) atoms. The zero-order chi connectivity index (χ0) is 23.1. The van der Waals surface area contributed by atoms with E-state index >= 15 is 0 Å². The molecule has 2 aromatic carbocycles. The van der Waals surface area contributed by atoms with Crippen molar-refractivity contribution in [3.05, 3.63) is 54.4 Å². The highest BCUT2D eigenvalue weighted by molar-refractivity contribution is 7.26. The van der Waals surface area contributed by atoms with Crippen LogP contribution < -0.4 is 14.2 Å². The molecule has 0 radical (unpaired) electrons. The molecule has 0 N–H and O–H groups in total. The van der Waals surface area contributed by atoms with Gasteiger partial charge in [-0.05, 0) is 38.1 Å². The molecule has 3 rings (SSSR count). The van der Waals surface area contributed by atoms with E-state index in [1.807, 2.05) is 0 Å². The average molecular weight is 454 g/mol. The number of ether oxygens (including phenoxy) is 3. The van der Waals surface area contributed by atoms with Crippen molar-refractivity contribution in [1.82, 2.24) is 0 Å². The van der Waals surface area contributed by atoms with Crippen LogP contribution in [0.2, 0.25) is 0 Å². The summed E-state index contributed by atoms with van der Waals surface area (Å²) in [4.78, 5) is 23.5. The van der Waals surface area contributed by atoms with Crippen molar-refractivity contribution in [1.29, 1.82) is 0 Å². The van der Waals surface area contributed by atoms with E-state index in [0.717, 1.165) is 6.07 Å². The molecular formula is C21H14F4O5S. The van der Waals surface area contributed by atoms with Gasteiger partial charge < -0.3 is 14.2 Å². The second-order valence-corrected chi connectivity index (χ2v) is 7.53. The number of rotatable bonds is 5. The van der Waals surface area contributed by atoms with Crippen LogP contribution in [0.1, 0.15) is 13.8 Å². The predicted molar refractivity (Wildman–Crippen MR) is 107 cm³/mol. The van der Waals surface area contributed by atoms with E-state index in [2.05, 4.69) is 17.9 Å². The summed E-state index contributed by atoms with van der Waals surface area (Å²) in [7, 11) is 0. The lowest BCUT2D eigenvalue weighted by molar-refractivity contribution is -0.274. The molecule has 0 atom stereocenters. The minimum atomic E-state index is -5.10. The van der Waals surface area contributed by atoms with Gasteiger partial charge in [-0.1, -0.05) is 13.2 Å². The summed E-state index contributed by atoms with van der Waals surface area (Å²) in [6.07, 6.45) is -5.10. The number of halogens is 4. The van der Waals surface area contributed by atoms with Crippen molar-refractivity contribution in [2.24, 2.45) is 0 Å². The van der Waals surface area contributed by atoms with Gasteiger partial charge in [0.2, 0.25) is 0 Å². The number of carbonyl (C=O) groups is 2. The number of carbonyl (C=O) groups excluding carboxylic acids is 2. The SMILES string of the molecule is C=C(C)C(=O)Oc1ccc2c(sc3c(OC(F)(F)F)c(OC(=O)C(=C)C)ccc32)c1F. The summed E-state index contributed by atoms with van der Waals surface area (Å²) in [6.45, 7) is 9.49. The zero-order valence-corrected chi connectivity index (χ0v) is 17.0. The minimum Gasteiger partial charge on any atom is -0.420 e. The third kappa shape index (κ3) is 4.53. The molecule has 0 aliphatic rings. The summed E-state index contributed by atoms with van der Waals surface area (Å²) in [5, 5.41) is 0.489. The van der Waals surface area contributed by atoms with Crippen LogP contribution in [0, 0.1) is 5.82 Å². The lowest BCUT2D eigenvalue weighted by Crippen LogP contribution is -2.18. The van der Waals surface area contributed by atoms with Gasteiger partial charge in [-0.3, -0.25) is 0 Å². The quantitative estimate of drug-likeness (QED) is 0.203. The first-order valence-corrected chi connectivity index (χ1v) is 9.39. The third-order valence-electron chi connectivity index (χ3n) is 3.95. The fourth-order valence-corrected chi connectivity index (χ4v) is 3.76. The Balaban J connectivity index is 2.23. The van der Waals surface area contributed by atoms with E-state index in [-0.39, 0.29) is 31.3 Å². The lowest BCUT2D eigenvalue weighted by Gasteiger charge is -2.14. The Labute approximate surface area is 177 Å². The van der Waals surface area contributed by atoms with Crippen LogP contribution in [-0.4, -0.2) is 18.3 Å². The maximum atomic E-state index is 15.0. The van der Waals surface area contributed by atoms with Crippen LogP contribution in [0.4, 0.5) is 17.6 Å². The van der Waals surface area contributed by atoms with E-state index in [0.29, 0.717) is 11.3 Å². The van der Waals surface area contributed by atoms with Crippen LogP contribution in [0.15, 0.2) is 48.6 Å². The number of hydrogen-bond donors (Lipinski definition) is 0. The minimum absolute atomic E-state index is 0.0376. The Hall–Kier alpha value is -3.40. The molecule has 1 heterocycles. The maximum Gasteiger partial charge on any atom is 0.573 e. The first-order chi connectivity index (χ1) is 14.4. The van der Waals surface area contributed by atoms with E-state index in [4.69, 9.17) is 9.47 Å². The molecule has 0 aliphatic heterocycles. The van der Waals surface area contributed by atoms with Crippen molar-refractivity contribution in [2.45, 2.75) is 20.2 Å². The predicted octanol–water partition coefficient (Wildman–Crippen LogP) is 6.06. The Morgan fingerprint density at radius 2 is 1.35 bits per heavy atom. The Kier molecular flexibility index (Phi) is 5.77. The molecule has 0 fully saturated rings. The molecular weight excluding hydrogens is 440 g/mol. The van der Waals surface area contributed by atoms with Gasteiger partial charge in [-0.25, -0.2) is 14.0 Å². The number of esters is 2. The Morgan fingerprint density at radius 1 is 0.871 bits per heavy atom. The third-order valence-corrected chi connectivity index (χ3v) is 5.16. The molecule has 1 aromatic heterocycles. The molecule has 0 aliphatic carbocycles. The van der Waals surface area contributed by atoms with Crippen LogP contribution >= 0.6 is 11.3 Å². The lowest BCUT2D eigenvalue weighted by atomic mass is 10.1. The van der Waals surface area contributed by atoms with Gasteiger partial charge in [-0.15, -0.1) is 24.5 Å². The van der Waals surface area contributed by atoms with E-state index in [9.17, 15) is 27.2 Å². The molecule has 0 saturated heterocycles. The number of fused-ring (bicyclic) bond motifs is 3. The fraction of sp³-hybridized carbons (Fsp3) is 0.143. The largest absolute Gasteiger partial charge is 0.573 e. The van der Waals surface area contributed by atoms with E-state index in [1.165, 1.54) is 32.0 Å². The highest BCUT2D eigenvalue weighted by Crippen LogP contribution is 2.47. The summed E-state index contributed by atoms with van der Waals surface area (Å²) < 4.78 is 67.9. The van der Waals surface area contributed by atoms with E-state index in [1.54, 1.807) is 0 Å². The molecule has 0 amide bonds. The summed E-state index contributed by atoms with van der Waals surface area (Å²) in [6, 6.07) is 5.07. The van der Waals surface area contributed by atoms with Crippen molar-refractivity contribution in [2.75, 3.05) is 0 Å². The number of hydrogen-bond acceptors (Lipinski definition) is 6. The summed E-state index contributed by atoms with van der Waals surface area (Å²) in [5.41, 5.74) is 0.00471. The smallest absolute Gasteiger partial charge is 0.420 e. The van der Waals surface area contributed by atoms with Crippen LogP contribution in [0.3, 0.4) is 0 Å². The Bertz CT molecular complexity index is 1260. The molecule has 0 unspecified atom stereocenters. The fourth-order valence-electron chi connectivity index (χ4n) is 2.56. The second-order valence-electron chi connectivity index (χ2n) is 6.51. The highest BCUT2D eigenvalue weighted by Gasteiger charge is 2.35. The Morgan fingerprint density at radius 3 is 1.87 bits per heavy atom. The van der Waals surface area contributed by atoms with Gasteiger partial charge in [0.25, 0.3) is 0 Å². The molecule has 0 spiro atoms. The summed E-state index contributed by atoms with van der Waals surface area (Å²) >= 11 is 0.627. The molecule has 10 heteroatoms. The van der Waals surface area contributed by atoms with Crippen molar-refractivity contribution < 1.29 is 41.4 Å². The van der Waals surface area contributed by atoms with Crippen LogP contribution in [0.25, 0.3) is 20.2 Å². The summed E-state index contributed by atoms with van der Waals surface area (Å²) in [5.74, 6) is -4.44. The molecule has 0 saturated carbocycles. The number of thiophene rings is 1. The first kappa shape index (κ1) is 22.3. The van der Waals surface area contributed by atoms with Gasteiger partial charge in [0.05, 0.1) is 9.40 Å². The zero-order valence-electron chi connectivity index (χ0n) is 16.2. The number of benzene rings is 2. The van der Waals surface area contributed by atoms with Gasteiger partial charge in [0, 0.05) is 21.9 Å². The van der Waals surface area contributed by atoms with Gasteiger partial charge in [-0.2, -0.15) is 0 Å². The standard InChI is InChI=1S/C21H14F4O5S/c1-9(2)19(26)28-13-7-5-11-12-6-8-14(29-20(27)10(3)4)16(30-21(23,24)25)18(12)31-17(11)15(13)22/h5-8H,1,3H2,2,4H3. The number of alkyl halides is 3. The monoisotopic (exact) mass is 454 g/mol. The molecule has 5 nitrogen and oxygen atoms in total. The van der Waals surface area contributed by atoms with Crippen molar-refractivity contribution in [3.63, 3.8) is 0 Å². The molecule has 3 aromatic rings. The average Bonchev–Trinajstić information content (AvgIpc) is 3.04. The van der Waals surface area contributed by atoms with Gasteiger partial charge in [0.1, 0.15) is 0 Å². The van der Waals surface area contributed by atoms with Crippen molar-refractivity contribution in [3.8, 4) is 17.2 Å². The molecule has 0 bridgehead atoms. The van der Waals surface area contributed by atoms with Crippen LogP contribution in [0.5, 0.6) is 17.2 Å². The molecule has 162 valence electrons. The van der Waals surface area contributed by atoms with E-state index < -0.39 is 41.4 Å². The normalized spacial score (nSPS) is 11.4.